The standard InChI is InChI=1S/C12H15F3N2OS/c1-8-9(19-11(16-8)12(13,14)15)10(18)17-6-4-2-3-5-7-17/h2-7H2,1H3. The number of carbonyl (C=O) groups excluding carboxylic acids is 1. The number of thiazole rings is 1. The van der Waals surface area contributed by atoms with Crippen LogP contribution in [0.25, 0.3) is 0 Å². The van der Waals surface area contributed by atoms with Crippen LogP contribution in [0.1, 0.15) is 46.1 Å². The highest BCUT2D eigenvalue weighted by atomic mass is 32.1. The fourth-order valence-electron chi connectivity index (χ4n) is 2.13. The van der Waals surface area contributed by atoms with Crippen LogP contribution in [0.4, 0.5) is 13.2 Å². The van der Waals surface area contributed by atoms with Gasteiger partial charge in [-0.1, -0.05) is 12.8 Å². The monoisotopic (exact) mass is 292 g/mol. The highest BCUT2D eigenvalue weighted by molar-refractivity contribution is 7.13. The first-order chi connectivity index (χ1) is 8.89. The van der Waals surface area contributed by atoms with E-state index in [-0.39, 0.29) is 16.5 Å². The van der Waals surface area contributed by atoms with Crippen molar-refractivity contribution < 1.29 is 18.0 Å². The number of hydrogen-bond acceptors (Lipinski definition) is 3. The van der Waals surface area contributed by atoms with Crippen LogP contribution in [0.15, 0.2) is 0 Å². The lowest BCUT2D eigenvalue weighted by Crippen LogP contribution is -2.31. The summed E-state index contributed by atoms with van der Waals surface area (Å²) >= 11 is 0.448. The number of rotatable bonds is 1. The zero-order chi connectivity index (χ0) is 14.0. The van der Waals surface area contributed by atoms with Crippen molar-refractivity contribution in [3.8, 4) is 0 Å². The van der Waals surface area contributed by atoms with Crippen LogP contribution in [0, 0.1) is 6.92 Å². The van der Waals surface area contributed by atoms with Crippen molar-refractivity contribution in [3.05, 3.63) is 15.6 Å². The lowest BCUT2D eigenvalue weighted by atomic mass is 10.2. The number of amides is 1. The molecule has 0 N–H and O–H groups in total. The van der Waals surface area contributed by atoms with Gasteiger partial charge >= 0.3 is 6.18 Å². The molecule has 19 heavy (non-hydrogen) atoms. The number of aryl methyl sites for hydroxylation is 1. The van der Waals surface area contributed by atoms with Gasteiger partial charge in [-0.2, -0.15) is 13.2 Å². The van der Waals surface area contributed by atoms with Gasteiger partial charge in [0.1, 0.15) is 4.88 Å². The van der Waals surface area contributed by atoms with Gasteiger partial charge in [0.15, 0.2) is 5.01 Å². The summed E-state index contributed by atoms with van der Waals surface area (Å²) in [5.74, 6) is -0.313. The number of hydrogen-bond donors (Lipinski definition) is 0. The third-order valence-electron chi connectivity index (χ3n) is 3.13. The maximum atomic E-state index is 12.6. The molecule has 106 valence electrons. The van der Waals surface area contributed by atoms with Gasteiger partial charge in [-0.25, -0.2) is 4.98 Å². The third-order valence-corrected chi connectivity index (χ3v) is 4.32. The minimum atomic E-state index is -4.48. The Labute approximate surface area is 113 Å². The van der Waals surface area contributed by atoms with E-state index < -0.39 is 11.2 Å². The van der Waals surface area contributed by atoms with Crippen molar-refractivity contribution in [2.24, 2.45) is 0 Å². The maximum absolute atomic E-state index is 12.6. The molecule has 1 aromatic heterocycles. The van der Waals surface area contributed by atoms with Crippen LogP contribution in [-0.2, 0) is 6.18 Å². The van der Waals surface area contributed by atoms with E-state index in [1.54, 1.807) is 4.90 Å². The first-order valence-electron chi connectivity index (χ1n) is 6.23. The molecule has 0 radical (unpaired) electrons. The van der Waals surface area contributed by atoms with Crippen molar-refractivity contribution in [2.45, 2.75) is 38.8 Å². The van der Waals surface area contributed by atoms with Gasteiger partial charge < -0.3 is 4.90 Å². The lowest BCUT2D eigenvalue weighted by Gasteiger charge is -2.19. The van der Waals surface area contributed by atoms with E-state index in [9.17, 15) is 18.0 Å². The Morgan fingerprint density at radius 1 is 1.21 bits per heavy atom. The molecule has 1 aliphatic rings. The second-order valence-electron chi connectivity index (χ2n) is 4.64. The Balaban J connectivity index is 2.21. The second kappa shape index (κ2) is 5.48. The van der Waals surface area contributed by atoms with E-state index in [2.05, 4.69) is 4.98 Å². The number of alkyl halides is 3. The van der Waals surface area contributed by atoms with Crippen molar-refractivity contribution in [2.75, 3.05) is 13.1 Å². The number of nitrogens with zero attached hydrogens (tertiary/aromatic N) is 2. The largest absolute Gasteiger partial charge is 0.443 e. The predicted octanol–water partition coefficient (Wildman–Crippen LogP) is 3.49. The Bertz CT molecular complexity index is 462. The fraction of sp³-hybridized carbons (Fsp3) is 0.667. The molecule has 0 aromatic carbocycles. The second-order valence-corrected chi connectivity index (χ2v) is 5.64. The summed E-state index contributed by atoms with van der Waals surface area (Å²) < 4.78 is 37.7. The van der Waals surface area contributed by atoms with Gasteiger partial charge in [-0.15, -0.1) is 11.3 Å². The molecule has 7 heteroatoms. The number of halogens is 3. The van der Waals surface area contributed by atoms with Crippen LogP contribution >= 0.6 is 11.3 Å². The molecule has 3 nitrogen and oxygen atoms in total. The zero-order valence-electron chi connectivity index (χ0n) is 10.6. The van der Waals surface area contributed by atoms with Crippen molar-refractivity contribution in [1.29, 1.82) is 0 Å². The molecule has 0 spiro atoms. The normalized spacial score (nSPS) is 17.4. The summed E-state index contributed by atoms with van der Waals surface area (Å²) in [6.07, 6.45) is -0.517. The minimum Gasteiger partial charge on any atom is -0.338 e. The van der Waals surface area contributed by atoms with Gasteiger partial charge in [-0.3, -0.25) is 4.79 Å². The molecule has 0 atom stereocenters. The van der Waals surface area contributed by atoms with E-state index >= 15 is 0 Å². The predicted molar refractivity (Wildman–Crippen MR) is 66.2 cm³/mol. The molecule has 1 fully saturated rings. The van der Waals surface area contributed by atoms with Crippen LogP contribution in [-0.4, -0.2) is 28.9 Å². The van der Waals surface area contributed by atoms with Gasteiger partial charge in [0.05, 0.1) is 5.69 Å². The molecule has 0 unspecified atom stereocenters. The summed E-state index contributed by atoms with van der Waals surface area (Å²) in [5.41, 5.74) is 0.173. The fourth-order valence-corrected chi connectivity index (χ4v) is 3.03. The molecule has 2 rings (SSSR count). The van der Waals surface area contributed by atoms with Crippen LogP contribution in [0.3, 0.4) is 0 Å². The van der Waals surface area contributed by atoms with Gasteiger partial charge in [0, 0.05) is 13.1 Å². The summed E-state index contributed by atoms with van der Waals surface area (Å²) in [6, 6.07) is 0. The van der Waals surface area contributed by atoms with Gasteiger partial charge in [-0.05, 0) is 19.8 Å². The average Bonchev–Trinajstić information content (AvgIpc) is 2.57. The molecule has 1 aromatic rings. The molecule has 1 aliphatic heterocycles. The molecular formula is C12H15F3N2OS. The van der Waals surface area contributed by atoms with Crippen molar-refractivity contribution >= 4 is 17.2 Å². The van der Waals surface area contributed by atoms with E-state index in [0.29, 0.717) is 24.4 Å². The molecule has 1 saturated heterocycles. The molecule has 0 bridgehead atoms. The van der Waals surface area contributed by atoms with Crippen LogP contribution in [0.2, 0.25) is 0 Å². The quantitative estimate of drug-likeness (QED) is 0.794. The summed E-state index contributed by atoms with van der Waals surface area (Å²) in [4.78, 5) is 17.5. The van der Waals surface area contributed by atoms with Crippen molar-refractivity contribution in [3.63, 3.8) is 0 Å². The Kier molecular flexibility index (Phi) is 4.13. The van der Waals surface area contributed by atoms with Gasteiger partial charge in [0.2, 0.25) is 0 Å². The summed E-state index contributed by atoms with van der Waals surface area (Å²) in [5, 5.41) is -0.942. The van der Waals surface area contributed by atoms with Crippen LogP contribution in [0.5, 0.6) is 0 Å². The Hall–Kier alpha value is -1.11. The molecule has 0 aliphatic carbocycles. The smallest absolute Gasteiger partial charge is 0.338 e. The molecular weight excluding hydrogens is 277 g/mol. The SMILES string of the molecule is Cc1nc(C(F)(F)F)sc1C(=O)N1CCCCCC1. The molecule has 0 saturated carbocycles. The number of carbonyl (C=O) groups is 1. The zero-order valence-corrected chi connectivity index (χ0v) is 11.4. The van der Waals surface area contributed by atoms with E-state index in [1.165, 1.54) is 6.92 Å². The Morgan fingerprint density at radius 2 is 1.79 bits per heavy atom. The Morgan fingerprint density at radius 3 is 2.26 bits per heavy atom. The van der Waals surface area contributed by atoms with Crippen LogP contribution < -0.4 is 0 Å². The highest BCUT2D eigenvalue weighted by Gasteiger charge is 2.37. The molecule has 2 heterocycles. The molecule has 1 amide bonds. The lowest BCUT2D eigenvalue weighted by molar-refractivity contribution is -0.137. The van der Waals surface area contributed by atoms with E-state index in [0.717, 1.165) is 25.7 Å². The number of aromatic nitrogens is 1. The summed E-state index contributed by atoms with van der Waals surface area (Å²) in [6.45, 7) is 2.70. The van der Waals surface area contributed by atoms with E-state index in [1.807, 2.05) is 0 Å². The first kappa shape index (κ1) is 14.3. The topological polar surface area (TPSA) is 33.2 Å². The van der Waals surface area contributed by atoms with Gasteiger partial charge in [0.25, 0.3) is 5.91 Å². The average molecular weight is 292 g/mol. The third kappa shape index (κ3) is 3.26. The maximum Gasteiger partial charge on any atom is 0.443 e. The number of likely N-dealkylation sites (tertiary alicyclic amines) is 1. The summed E-state index contributed by atoms with van der Waals surface area (Å²) in [7, 11) is 0. The minimum absolute atomic E-state index is 0.120. The van der Waals surface area contributed by atoms with Crippen molar-refractivity contribution in [1.82, 2.24) is 9.88 Å². The first-order valence-corrected chi connectivity index (χ1v) is 7.05. The van der Waals surface area contributed by atoms with E-state index in [4.69, 9.17) is 0 Å². The highest BCUT2D eigenvalue weighted by Crippen LogP contribution is 2.34.